The molecule has 0 N–H and O–H groups in total. The van der Waals surface area contributed by atoms with Crippen molar-refractivity contribution in [3.05, 3.63) is 114 Å². The van der Waals surface area contributed by atoms with Crippen LogP contribution in [0.25, 0.3) is 55.4 Å². The Labute approximate surface area is 202 Å². The zero-order valence-corrected chi connectivity index (χ0v) is 19.3. The van der Waals surface area contributed by atoms with Crippen molar-refractivity contribution in [3.8, 4) is 33.9 Å². The molecular weight excluding hydrogens is 438 g/mol. The lowest BCUT2D eigenvalue weighted by Crippen LogP contribution is -1.97. The molecule has 0 aliphatic heterocycles. The molecular formula is C30H20ClN3. The fourth-order valence-corrected chi connectivity index (χ4v) is 4.72. The zero-order valence-electron chi connectivity index (χ0n) is 18.5. The second-order valence-electron chi connectivity index (χ2n) is 8.34. The van der Waals surface area contributed by atoms with Crippen LogP contribution < -0.4 is 0 Å². The van der Waals surface area contributed by atoms with Gasteiger partial charge in [0.2, 0.25) is 0 Å². The topological polar surface area (TPSA) is 38.7 Å². The van der Waals surface area contributed by atoms with Crippen molar-refractivity contribution in [2.24, 2.45) is 0 Å². The first kappa shape index (κ1) is 20.5. The standard InChI is InChI=1S/C30H20ClN3/c1-19-16-22(25-14-6-10-20-8-2-4-12-23(20)25)17-28(32-19)30-33-27(18-29(31)34-30)26-15-7-11-21-9-3-5-13-24(21)26/h2-18H,1H3. The minimum Gasteiger partial charge on any atom is -0.250 e. The lowest BCUT2D eigenvalue weighted by Gasteiger charge is -2.11. The molecule has 2 heterocycles. The number of hydrogen-bond donors (Lipinski definition) is 0. The summed E-state index contributed by atoms with van der Waals surface area (Å²) in [6, 6.07) is 35.2. The van der Waals surface area contributed by atoms with E-state index in [2.05, 4.69) is 77.8 Å². The molecule has 0 bridgehead atoms. The SMILES string of the molecule is Cc1cc(-c2cccc3ccccc23)cc(-c2nc(Cl)cc(-c3cccc4ccccc34)n2)n1. The van der Waals surface area contributed by atoms with Crippen LogP contribution in [-0.2, 0) is 0 Å². The van der Waals surface area contributed by atoms with Crippen LogP contribution in [0.4, 0.5) is 0 Å². The van der Waals surface area contributed by atoms with Crippen LogP contribution in [0.2, 0.25) is 5.15 Å². The molecule has 0 saturated heterocycles. The lowest BCUT2D eigenvalue weighted by atomic mass is 9.98. The smallest absolute Gasteiger partial charge is 0.180 e. The molecule has 3 nitrogen and oxygen atoms in total. The largest absolute Gasteiger partial charge is 0.250 e. The summed E-state index contributed by atoms with van der Waals surface area (Å²) in [6.45, 7) is 1.99. The summed E-state index contributed by atoms with van der Waals surface area (Å²) in [4.78, 5) is 14.2. The van der Waals surface area contributed by atoms with Crippen LogP contribution in [0.15, 0.2) is 103 Å². The maximum absolute atomic E-state index is 6.50. The molecule has 0 aliphatic rings. The third-order valence-corrected chi connectivity index (χ3v) is 6.24. The molecule has 2 aromatic heterocycles. The van der Waals surface area contributed by atoms with Gasteiger partial charge in [0.05, 0.1) is 5.69 Å². The van der Waals surface area contributed by atoms with Crippen LogP contribution in [-0.4, -0.2) is 15.0 Å². The van der Waals surface area contributed by atoms with E-state index in [4.69, 9.17) is 21.6 Å². The molecule has 6 aromatic rings. The summed E-state index contributed by atoms with van der Waals surface area (Å²) < 4.78 is 0. The van der Waals surface area contributed by atoms with Gasteiger partial charge in [-0.1, -0.05) is 96.5 Å². The van der Waals surface area contributed by atoms with Gasteiger partial charge in [-0.05, 0) is 51.7 Å². The number of nitrogens with zero attached hydrogens (tertiary/aromatic N) is 3. The van der Waals surface area contributed by atoms with Crippen molar-refractivity contribution >= 4 is 33.1 Å². The summed E-state index contributed by atoms with van der Waals surface area (Å²) in [5, 5.41) is 5.07. The first-order valence-corrected chi connectivity index (χ1v) is 11.5. The van der Waals surface area contributed by atoms with Gasteiger partial charge in [0.1, 0.15) is 10.8 Å². The molecule has 0 amide bonds. The van der Waals surface area contributed by atoms with Crippen LogP contribution in [0, 0.1) is 6.92 Å². The van der Waals surface area contributed by atoms with Crippen molar-refractivity contribution in [1.29, 1.82) is 0 Å². The second-order valence-corrected chi connectivity index (χ2v) is 8.72. The number of benzene rings is 4. The summed E-state index contributed by atoms with van der Waals surface area (Å²) in [6.07, 6.45) is 0. The maximum Gasteiger partial charge on any atom is 0.180 e. The third kappa shape index (κ3) is 3.70. The second kappa shape index (κ2) is 8.36. The van der Waals surface area contributed by atoms with E-state index in [1.807, 2.05) is 37.3 Å². The number of fused-ring (bicyclic) bond motifs is 2. The Morgan fingerprint density at radius 2 is 1.18 bits per heavy atom. The number of pyridine rings is 1. The highest BCUT2D eigenvalue weighted by Gasteiger charge is 2.14. The first-order chi connectivity index (χ1) is 16.7. The highest BCUT2D eigenvalue weighted by molar-refractivity contribution is 6.29. The van der Waals surface area contributed by atoms with E-state index in [0.717, 1.165) is 38.9 Å². The Balaban J connectivity index is 1.52. The van der Waals surface area contributed by atoms with Crippen molar-refractivity contribution in [1.82, 2.24) is 15.0 Å². The summed E-state index contributed by atoms with van der Waals surface area (Å²) in [7, 11) is 0. The first-order valence-electron chi connectivity index (χ1n) is 11.2. The molecule has 6 rings (SSSR count). The van der Waals surface area contributed by atoms with Crippen molar-refractivity contribution in [3.63, 3.8) is 0 Å². The normalized spacial score (nSPS) is 11.2. The van der Waals surface area contributed by atoms with Crippen LogP contribution in [0.1, 0.15) is 5.69 Å². The molecule has 0 aliphatic carbocycles. The van der Waals surface area contributed by atoms with Gasteiger partial charge in [-0.25, -0.2) is 15.0 Å². The fraction of sp³-hybridized carbons (Fsp3) is 0.0333. The number of rotatable bonds is 3. The number of aryl methyl sites for hydroxylation is 1. The van der Waals surface area contributed by atoms with E-state index in [1.165, 1.54) is 10.8 Å². The van der Waals surface area contributed by atoms with Crippen molar-refractivity contribution < 1.29 is 0 Å². The molecule has 4 aromatic carbocycles. The maximum atomic E-state index is 6.50. The van der Waals surface area contributed by atoms with Gasteiger partial charge in [0.15, 0.2) is 5.82 Å². The van der Waals surface area contributed by atoms with E-state index >= 15 is 0 Å². The van der Waals surface area contributed by atoms with Crippen LogP contribution in [0.3, 0.4) is 0 Å². The van der Waals surface area contributed by atoms with Gasteiger partial charge in [-0.3, -0.25) is 0 Å². The Bertz CT molecular complexity index is 1550. The van der Waals surface area contributed by atoms with E-state index in [1.54, 1.807) is 0 Å². The van der Waals surface area contributed by atoms with Crippen molar-refractivity contribution in [2.75, 3.05) is 0 Å². The predicted molar refractivity (Wildman–Crippen MR) is 141 cm³/mol. The Hall–Kier alpha value is -4.08. The third-order valence-electron chi connectivity index (χ3n) is 6.04. The van der Waals surface area contributed by atoms with Gasteiger partial charge in [0, 0.05) is 17.3 Å². The Morgan fingerprint density at radius 3 is 1.91 bits per heavy atom. The molecule has 0 unspecified atom stereocenters. The van der Waals surface area contributed by atoms with Crippen molar-refractivity contribution in [2.45, 2.75) is 6.92 Å². The van der Waals surface area contributed by atoms with Gasteiger partial charge in [0.25, 0.3) is 0 Å². The summed E-state index contributed by atoms with van der Waals surface area (Å²) >= 11 is 6.50. The molecule has 0 atom stereocenters. The predicted octanol–water partition coefficient (Wildman–Crippen LogP) is 8.14. The average molecular weight is 458 g/mol. The molecule has 0 saturated carbocycles. The molecule has 34 heavy (non-hydrogen) atoms. The van der Waals surface area contributed by atoms with Crippen LogP contribution >= 0.6 is 11.6 Å². The van der Waals surface area contributed by atoms with Gasteiger partial charge in [-0.15, -0.1) is 0 Å². The number of aromatic nitrogens is 3. The van der Waals surface area contributed by atoms with Gasteiger partial charge >= 0.3 is 0 Å². The Morgan fingerprint density at radius 1 is 0.559 bits per heavy atom. The highest BCUT2D eigenvalue weighted by atomic mass is 35.5. The molecule has 0 radical (unpaired) electrons. The number of halogens is 1. The van der Waals surface area contributed by atoms with E-state index in [9.17, 15) is 0 Å². The monoisotopic (exact) mass is 457 g/mol. The van der Waals surface area contributed by atoms with E-state index in [-0.39, 0.29) is 0 Å². The number of hydrogen-bond acceptors (Lipinski definition) is 3. The fourth-order valence-electron chi connectivity index (χ4n) is 4.53. The Kier molecular flexibility index (Phi) is 5.05. The molecule has 4 heteroatoms. The molecule has 162 valence electrons. The summed E-state index contributed by atoms with van der Waals surface area (Å²) in [5.74, 6) is 0.514. The molecule has 0 fully saturated rings. The van der Waals surface area contributed by atoms with Crippen LogP contribution in [0.5, 0.6) is 0 Å². The average Bonchev–Trinajstić information content (AvgIpc) is 2.87. The lowest BCUT2D eigenvalue weighted by molar-refractivity contribution is 1.12. The highest BCUT2D eigenvalue weighted by Crippen LogP contribution is 2.33. The molecule has 0 spiro atoms. The quantitative estimate of drug-likeness (QED) is 0.252. The minimum absolute atomic E-state index is 0.392. The summed E-state index contributed by atoms with van der Waals surface area (Å²) in [5.41, 5.74) is 5.63. The van der Waals surface area contributed by atoms with Gasteiger partial charge in [-0.2, -0.15) is 0 Å². The minimum atomic E-state index is 0.392. The zero-order chi connectivity index (χ0) is 23.1. The van der Waals surface area contributed by atoms with Gasteiger partial charge < -0.3 is 0 Å². The van der Waals surface area contributed by atoms with E-state index < -0.39 is 0 Å². The van der Waals surface area contributed by atoms with E-state index in [0.29, 0.717) is 16.7 Å².